The molecule has 0 radical (unpaired) electrons. The smallest absolute Gasteiger partial charge is 0.252 e. The fraction of sp³-hybridized carbons (Fsp3) is 0.250. The van der Waals surface area contributed by atoms with Crippen LogP contribution in [0.25, 0.3) is 10.9 Å². The van der Waals surface area contributed by atoms with Gasteiger partial charge in [-0.05, 0) is 31.0 Å². The van der Waals surface area contributed by atoms with Crippen LogP contribution >= 0.6 is 0 Å². The zero-order chi connectivity index (χ0) is 16.7. The minimum atomic E-state index is -0.166. The van der Waals surface area contributed by atoms with Gasteiger partial charge in [-0.1, -0.05) is 11.3 Å². The number of anilines is 2. The van der Waals surface area contributed by atoms with Crippen LogP contribution in [-0.2, 0) is 11.3 Å². The van der Waals surface area contributed by atoms with Crippen LogP contribution in [0.3, 0.4) is 0 Å². The normalized spacial score (nSPS) is 14.0. The molecular formula is C16H16N6O2. The topological polar surface area (TPSA) is 108 Å². The molecule has 0 unspecified atom stereocenters. The molecule has 2 heterocycles. The number of fused-ring (bicyclic) bond motifs is 1. The molecule has 0 saturated heterocycles. The summed E-state index contributed by atoms with van der Waals surface area (Å²) in [7, 11) is 0. The number of hydrogen-bond donors (Lipinski definition) is 2. The van der Waals surface area contributed by atoms with Gasteiger partial charge in [-0.25, -0.2) is 4.68 Å². The van der Waals surface area contributed by atoms with Crippen LogP contribution in [0.1, 0.15) is 17.6 Å². The SMILES string of the molecule is Nc1cccc2c1ccn2C(=O)Cn1cc(NC(=O)C2CC2)nn1. The highest BCUT2D eigenvalue weighted by Crippen LogP contribution is 2.29. The van der Waals surface area contributed by atoms with E-state index >= 15 is 0 Å². The third-order valence-corrected chi connectivity index (χ3v) is 4.07. The lowest BCUT2D eigenvalue weighted by Crippen LogP contribution is -2.17. The quantitative estimate of drug-likeness (QED) is 0.707. The first kappa shape index (κ1) is 14.4. The van der Waals surface area contributed by atoms with E-state index < -0.39 is 0 Å². The molecule has 1 aliphatic rings. The first-order valence-electron chi connectivity index (χ1n) is 7.71. The van der Waals surface area contributed by atoms with Gasteiger partial charge in [0.1, 0.15) is 6.54 Å². The lowest BCUT2D eigenvalue weighted by Gasteiger charge is -2.04. The molecule has 8 heteroatoms. The van der Waals surface area contributed by atoms with Gasteiger partial charge in [-0.2, -0.15) is 0 Å². The average Bonchev–Trinajstić information content (AvgIpc) is 3.18. The molecule has 1 aliphatic carbocycles. The summed E-state index contributed by atoms with van der Waals surface area (Å²) in [6.07, 6.45) is 5.08. The molecule has 1 aromatic carbocycles. The number of carbonyl (C=O) groups excluding carboxylic acids is 2. The molecular weight excluding hydrogens is 308 g/mol. The number of benzene rings is 1. The van der Waals surface area contributed by atoms with Crippen molar-refractivity contribution in [1.29, 1.82) is 0 Å². The third kappa shape index (κ3) is 2.62. The summed E-state index contributed by atoms with van der Waals surface area (Å²) in [6.45, 7) is 0.0187. The van der Waals surface area contributed by atoms with Gasteiger partial charge >= 0.3 is 0 Å². The maximum absolute atomic E-state index is 12.5. The summed E-state index contributed by atoms with van der Waals surface area (Å²) in [5.74, 6) is 0.246. The van der Waals surface area contributed by atoms with E-state index in [1.807, 2.05) is 18.2 Å². The minimum Gasteiger partial charge on any atom is -0.398 e. The fourth-order valence-corrected chi connectivity index (χ4v) is 2.63. The van der Waals surface area contributed by atoms with Crippen LogP contribution in [0, 0.1) is 5.92 Å². The predicted octanol–water partition coefficient (Wildman–Crippen LogP) is 1.50. The molecule has 0 aliphatic heterocycles. The highest BCUT2D eigenvalue weighted by Gasteiger charge is 2.30. The van der Waals surface area contributed by atoms with E-state index in [1.165, 1.54) is 9.25 Å². The van der Waals surface area contributed by atoms with Crippen molar-refractivity contribution in [2.24, 2.45) is 5.92 Å². The number of nitrogen functional groups attached to an aromatic ring is 1. The van der Waals surface area contributed by atoms with Gasteiger partial charge in [0.05, 0.1) is 11.7 Å². The van der Waals surface area contributed by atoms with Gasteiger partial charge in [0.2, 0.25) is 5.91 Å². The van der Waals surface area contributed by atoms with Crippen molar-refractivity contribution in [3.8, 4) is 0 Å². The summed E-state index contributed by atoms with van der Waals surface area (Å²) < 4.78 is 2.94. The van der Waals surface area contributed by atoms with Gasteiger partial charge in [-0.3, -0.25) is 14.2 Å². The van der Waals surface area contributed by atoms with E-state index in [0.717, 1.165) is 23.7 Å². The second-order valence-corrected chi connectivity index (χ2v) is 5.92. The van der Waals surface area contributed by atoms with Gasteiger partial charge in [0, 0.05) is 23.2 Å². The van der Waals surface area contributed by atoms with E-state index in [-0.39, 0.29) is 24.3 Å². The highest BCUT2D eigenvalue weighted by atomic mass is 16.2. The van der Waals surface area contributed by atoms with Crippen molar-refractivity contribution >= 4 is 34.2 Å². The van der Waals surface area contributed by atoms with Gasteiger partial charge in [-0.15, -0.1) is 5.10 Å². The molecule has 4 rings (SSSR count). The van der Waals surface area contributed by atoms with Crippen molar-refractivity contribution in [2.75, 3.05) is 11.1 Å². The zero-order valence-corrected chi connectivity index (χ0v) is 12.8. The Morgan fingerprint density at radius 3 is 2.92 bits per heavy atom. The third-order valence-electron chi connectivity index (χ3n) is 4.07. The Hall–Kier alpha value is -3.16. The van der Waals surface area contributed by atoms with Crippen molar-refractivity contribution in [2.45, 2.75) is 19.4 Å². The van der Waals surface area contributed by atoms with E-state index in [9.17, 15) is 9.59 Å². The minimum absolute atomic E-state index is 0.0187. The molecule has 24 heavy (non-hydrogen) atoms. The molecule has 3 N–H and O–H groups in total. The summed E-state index contributed by atoms with van der Waals surface area (Å²) in [5.41, 5.74) is 7.29. The van der Waals surface area contributed by atoms with Crippen LogP contribution in [0.2, 0.25) is 0 Å². The largest absolute Gasteiger partial charge is 0.398 e. The molecule has 3 aromatic rings. The zero-order valence-electron chi connectivity index (χ0n) is 12.8. The molecule has 1 amide bonds. The van der Waals surface area contributed by atoms with Crippen LogP contribution < -0.4 is 11.1 Å². The molecule has 0 atom stereocenters. The molecule has 122 valence electrons. The van der Waals surface area contributed by atoms with Gasteiger partial charge in [0.15, 0.2) is 5.82 Å². The Balaban J connectivity index is 1.50. The van der Waals surface area contributed by atoms with Crippen molar-refractivity contribution in [3.05, 3.63) is 36.7 Å². The Morgan fingerprint density at radius 1 is 1.29 bits per heavy atom. The van der Waals surface area contributed by atoms with Gasteiger partial charge < -0.3 is 11.1 Å². The molecule has 2 aromatic heterocycles. The number of nitrogens with zero attached hydrogens (tertiary/aromatic N) is 4. The van der Waals surface area contributed by atoms with Crippen LogP contribution in [-0.4, -0.2) is 31.4 Å². The number of nitrogens with one attached hydrogen (secondary N) is 1. The summed E-state index contributed by atoms with van der Waals surface area (Å²) in [4.78, 5) is 24.2. The Kier molecular flexibility index (Phi) is 3.30. The standard InChI is InChI=1S/C16H16N6O2/c17-12-2-1-3-13-11(12)6-7-22(13)15(23)9-21-8-14(19-20-21)18-16(24)10-4-5-10/h1-3,6-8,10H,4-5,9,17H2,(H,18,24). The van der Waals surface area contributed by atoms with Crippen LogP contribution in [0.4, 0.5) is 11.5 Å². The lowest BCUT2D eigenvalue weighted by molar-refractivity contribution is -0.117. The fourth-order valence-electron chi connectivity index (χ4n) is 2.63. The van der Waals surface area contributed by atoms with Crippen molar-refractivity contribution in [1.82, 2.24) is 19.6 Å². The van der Waals surface area contributed by atoms with E-state index in [4.69, 9.17) is 5.73 Å². The van der Waals surface area contributed by atoms with Crippen molar-refractivity contribution in [3.63, 3.8) is 0 Å². The molecule has 0 bridgehead atoms. The monoisotopic (exact) mass is 324 g/mol. The lowest BCUT2D eigenvalue weighted by atomic mass is 10.2. The Bertz CT molecular complexity index is 937. The first-order chi connectivity index (χ1) is 11.6. The number of rotatable bonds is 4. The average molecular weight is 324 g/mol. The number of aromatic nitrogens is 4. The van der Waals surface area contributed by atoms with Crippen molar-refractivity contribution < 1.29 is 9.59 Å². The van der Waals surface area contributed by atoms with Crippen LogP contribution in [0.15, 0.2) is 36.7 Å². The number of nitrogens with two attached hydrogens (primary N) is 1. The van der Waals surface area contributed by atoms with Gasteiger partial charge in [0.25, 0.3) is 5.91 Å². The molecule has 1 fully saturated rings. The molecule has 8 nitrogen and oxygen atoms in total. The Morgan fingerprint density at radius 2 is 2.12 bits per heavy atom. The maximum atomic E-state index is 12.5. The predicted molar refractivity (Wildman–Crippen MR) is 88.4 cm³/mol. The number of amides is 1. The second kappa shape index (κ2) is 5.48. The van der Waals surface area contributed by atoms with Crippen LogP contribution in [0.5, 0.6) is 0 Å². The molecule has 0 spiro atoms. The van der Waals surface area contributed by atoms with E-state index in [1.54, 1.807) is 18.5 Å². The maximum Gasteiger partial charge on any atom is 0.252 e. The van der Waals surface area contributed by atoms with E-state index in [2.05, 4.69) is 15.6 Å². The summed E-state index contributed by atoms with van der Waals surface area (Å²) >= 11 is 0. The summed E-state index contributed by atoms with van der Waals surface area (Å²) in [6, 6.07) is 7.25. The number of hydrogen-bond acceptors (Lipinski definition) is 5. The highest BCUT2D eigenvalue weighted by molar-refractivity contribution is 5.98. The first-order valence-corrected chi connectivity index (χ1v) is 7.71. The second-order valence-electron chi connectivity index (χ2n) is 5.92. The Labute approximate surface area is 137 Å². The summed E-state index contributed by atoms with van der Waals surface area (Å²) in [5, 5.41) is 11.3. The molecule has 1 saturated carbocycles. The van der Waals surface area contributed by atoms with E-state index in [0.29, 0.717) is 11.5 Å². The number of carbonyl (C=O) groups is 2.